The Balaban J connectivity index is 2.09. The van der Waals surface area contributed by atoms with Gasteiger partial charge in [0.1, 0.15) is 5.15 Å². The molecule has 0 aromatic carbocycles. The van der Waals surface area contributed by atoms with Crippen LogP contribution in [0.15, 0.2) is 12.3 Å². The number of halogens is 1. The third-order valence-electron chi connectivity index (χ3n) is 3.14. The fourth-order valence-electron chi connectivity index (χ4n) is 2.22. The highest BCUT2D eigenvalue weighted by Crippen LogP contribution is 2.24. The van der Waals surface area contributed by atoms with E-state index in [1.807, 2.05) is 6.07 Å². The molecule has 4 heteroatoms. The molecule has 0 amide bonds. The van der Waals surface area contributed by atoms with E-state index in [2.05, 4.69) is 10.3 Å². The van der Waals surface area contributed by atoms with Crippen molar-refractivity contribution in [3.8, 4) is 0 Å². The van der Waals surface area contributed by atoms with Gasteiger partial charge in [-0.25, -0.2) is 4.98 Å². The fourth-order valence-corrected chi connectivity index (χ4v) is 2.38. The lowest BCUT2D eigenvalue weighted by Crippen LogP contribution is -2.23. The van der Waals surface area contributed by atoms with Crippen LogP contribution in [0.4, 0.5) is 5.69 Å². The highest BCUT2D eigenvalue weighted by atomic mass is 35.5. The molecule has 1 saturated carbocycles. The second-order valence-corrected chi connectivity index (χ2v) is 4.73. The zero-order valence-electron chi connectivity index (χ0n) is 9.38. The Morgan fingerprint density at radius 2 is 2.12 bits per heavy atom. The van der Waals surface area contributed by atoms with Crippen molar-refractivity contribution in [2.75, 3.05) is 5.32 Å². The van der Waals surface area contributed by atoms with Gasteiger partial charge in [-0.3, -0.25) is 0 Å². The van der Waals surface area contributed by atoms with Crippen LogP contribution in [-0.2, 0) is 6.54 Å². The Bertz CT molecular complexity index is 348. The minimum atomic E-state index is 0.499. The third kappa shape index (κ3) is 2.86. The molecule has 1 aromatic heterocycles. The summed E-state index contributed by atoms with van der Waals surface area (Å²) in [5.41, 5.74) is 7.77. The maximum atomic E-state index is 5.90. The van der Waals surface area contributed by atoms with Crippen LogP contribution in [-0.4, -0.2) is 11.0 Å². The number of hydrogen-bond donors (Lipinski definition) is 2. The van der Waals surface area contributed by atoms with E-state index >= 15 is 0 Å². The Morgan fingerprint density at radius 1 is 1.38 bits per heavy atom. The van der Waals surface area contributed by atoms with Crippen LogP contribution in [0.5, 0.6) is 0 Å². The minimum absolute atomic E-state index is 0.499. The van der Waals surface area contributed by atoms with E-state index in [4.69, 9.17) is 17.3 Å². The van der Waals surface area contributed by atoms with E-state index < -0.39 is 0 Å². The topological polar surface area (TPSA) is 50.9 Å². The maximum Gasteiger partial charge on any atom is 0.131 e. The Morgan fingerprint density at radius 3 is 2.81 bits per heavy atom. The molecular weight excluding hydrogens is 222 g/mol. The molecule has 1 aromatic rings. The van der Waals surface area contributed by atoms with Crippen molar-refractivity contribution in [3.05, 3.63) is 23.0 Å². The lowest BCUT2D eigenvalue weighted by Gasteiger charge is -2.25. The highest BCUT2D eigenvalue weighted by Gasteiger charge is 2.14. The van der Waals surface area contributed by atoms with E-state index in [0.717, 1.165) is 11.3 Å². The molecule has 1 aliphatic rings. The minimum Gasteiger partial charge on any atom is -0.382 e. The summed E-state index contributed by atoms with van der Waals surface area (Å²) in [6.07, 6.45) is 8.23. The molecule has 2 rings (SSSR count). The van der Waals surface area contributed by atoms with Crippen LogP contribution >= 0.6 is 11.6 Å². The first-order valence-corrected chi connectivity index (χ1v) is 6.28. The summed E-state index contributed by atoms with van der Waals surface area (Å²) in [5, 5.41) is 4.06. The number of nitrogens with one attached hydrogen (secondary N) is 1. The molecule has 0 radical (unpaired) electrons. The predicted octanol–water partition coefficient (Wildman–Crippen LogP) is 2.94. The number of anilines is 1. The summed E-state index contributed by atoms with van der Waals surface area (Å²) >= 11 is 5.90. The second kappa shape index (κ2) is 5.51. The van der Waals surface area contributed by atoms with Crippen molar-refractivity contribution in [1.82, 2.24) is 4.98 Å². The Kier molecular flexibility index (Phi) is 4.02. The summed E-state index contributed by atoms with van der Waals surface area (Å²) in [4.78, 5) is 4.05. The monoisotopic (exact) mass is 239 g/mol. The molecule has 1 aliphatic carbocycles. The summed E-state index contributed by atoms with van der Waals surface area (Å²) in [6.45, 7) is 0.499. The summed E-state index contributed by atoms with van der Waals surface area (Å²) in [6, 6.07) is 2.44. The number of hydrogen-bond acceptors (Lipinski definition) is 3. The molecule has 0 bridgehead atoms. The molecule has 0 saturated heterocycles. The number of nitrogens with zero attached hydrogens (tertiary/aromatic N) is 1. The first-order chi connectivity index (χ1) is 7.79. The van der Waals surface area contributed by atoms with Crippen molar-refractivity contribution in [3.63, 3.8) is 0 Å². The van der Waals surface area contributed by atoms with Gasteiger partial charge in [0.15, 0.2) is 0 Å². The normalized spacial score (nSPS) is 17.4. The molecule has 16 heavy (non-hydrogen) atoms. The van der Waals surface area contributed by atoms with E-state index in [-0.39, 0.29) is 0 Å². The summed E-state index contributed by atoms with van der Waals surface area (Å²) < 4.78 is 0. The molecule has 0 unspecified atom stereocenters. The molecule has 3 N–H and O–H groups in total. The van der Waals surface area contributed by atoms with Gasteiger partial charge in [0.25, 0.3) is 0 Å². The van der Waals surface area contributed by atoms with E-state index in [1.165, 1.54) is 32.1 Å². The lowest BCUT2D eigenvalue weighted by atomic mass is 9.95. The van der Waals surface area contributed by atoms with Crippen molar-refractivity contribution < 1.29 is 0 Å². The largest absolute Gasteiger partial charge is 0.382 e. The average Bonchev–Trinajstić information content (AvgIpc) is 2.31. The van der Waals surface area contributed by atoms with Gasteiger partial charge in [-0.1, -0.05) is 30.9 Å². The Labute approximate surface area is 101 Å². The fraction of sp³-hybridized carbons (Fsp3) is 0.583. The number of aromatic nitrogens is 1. The molecule has 1 heterocycles. The van der Waals surface area contributed by atoms with Crippen LogP contribution < -0.4 is 11.1 Å². The molecular formula is C12H18ClN3. The van der Waals surface area contributed by atoms with Crippen LogP contribution in [0.1, 0.15) is 37.7 Å². The summed E-state index contributed by atoms with van der Waals surface area (Å²) in [7, 11) is 0. The summed E-state index contributed by atoms with van der Waals surface area (Å²) in [5.74, 6) is 0. The average molecular weight is 240 g/mol. The van der Waals surface area contributed by atoms with Gasteiger partial charge in [-0.05, 0) is 18.9 Å². The quantitative estimate of drug-likeness (QED) is 0.798. The number of nitrogens with two attached hydrogens (primary N) is 1. The van der Waals surface area contributed by atoms with Crippen LogP contribution in [0.3, 0.4) is 0 Å². The van der Waals surface area contributed by atoms with Gasteiger partial charge in [0.2, 0.25) is 0 Å². The highest BCUT2D eigenvalue weighted by molar-refractivity contribution is 6.29. The zero-order valence-corrected chi connectivity index (χ0v) is 10.1. The van der Waals surface area contributed by atoms with Crippen LogP contribution in [0, 0.1) is 0 Å². The first kappa shape index (κ1) is 11.7. The van der Waals surface area contributed by atoms with Gasteiger partial charge in [-0.2, -0.15) is 0 Å². The van der Waals surface area contributed by atoms with E-state index in [9.17, 15) is 0 Å². The van der Waals surface area contributed by atoms with Crippen LogP contribution in [0.25, 0.3) is 0 Å². The maximum absolute atomic E-state index is 5.90. The van der Waals surface area contributed by atoms with Crippen molar-refractivity contribution in [1.29, 1.82) is 0 Å². The molecule has 3 nitrogen and oxygen atoms in total. The van der Waals surface area contributed by atoms with Crippen molar-refractivity contribution in [2.24, 2.45) is 5.73 Å². The molecule has 88 valence electrons. The smallest absolute Gasteiger partial charge is 0.131 e. The van der Waals surface area contributed by atoms with Gasteiger partial charge in [0, 0.05) is 30.0 Å². The lowest BCUT2D eigenvalue weighted by molar-refractivity contribution is 0.462. The van der Waals surface area contributed by atoms with Crippen molar-refractivity contribution >= 4 is 17.3 Å². The third-order valence-corrected chi connectivity index (χ3v) is 3.34. The second-order valence-electron chi connectivity index (χ2n) is 4.35. The number of rotatable bonds is 3. The molecule has 0 atom stereocenters. The van der Waals surface area contributed by atoms with E-state index in [1.54, 1.807) is 6.20 Å². The van der Waals surface area contributed by atoms with Crippen LogP contribution in [0.2, 0.25) is 5.15 Å². The first-order valence-electron chi connectivity index (χ1n) is 5.90. The predicted molar refractivity (Wildman–Crippen MR) is 67.6 cm³/mol. The zero-order chi connectivity index (χ0) is 11.4. The van der Waals surface area contributed by atoms with E-state index in [0.29, 0.717) is 17.7 Å². The van der Waals surface area contributed by atoms with Gasteiger partial charge in [-0.15, -0.1) is 0 Å². The Hall–Kier alpha value is -0.800. The van der Waals surface area contributed by atoms with Gasteiger partial charge >= 0.3 is 0 Å². The molecule has 0 spiro atoms. The number of pyridine rings is 1. The molecule has 0 aliphatic heterocycles. The van der Waals surface area contributed by atoms with Gasteiger partial charge in [0.05, 0.1) is 0 Å². The SMILES string of the molecule is NCc1cnc(Cl)cc1NC1CCCCC1. The van der Waals surface area contributed by atoms with Crippen molar-refractivity contribution in [2.45, 2.75) is 44.7 Å². The standard InChI is InChI=1S/C12H18ClN3/c13-12-6-11(9(7-14)8-15-12)16-10-4-2-1-3-5-10/h6,8,10H,1-5,7,14H2,(H,15,16). The van der Waals surface area contributed by atoms with Gasteiger partial charge < -0.3 is 11.1 Å². The molecule has 1 fully saturated rings.